The van der Waals surface area contributed by atoms with E-state index < -0.39 is 0 Å². The Morgan fingerprint density at radius 2 is 1.81 bits per heavy atom. The van der Waals surface area contributed by atoms with Crippen molar-refractivity contribution in [3.8, 4) is 0 Å². The normalized spacial score (nSPS) is 20.9. The van der Waals surface area contributed by atoms with Crippen LogP contribution in [-0.2, 0) is 6.54 Å². The molecule has 6 heteroatoms. The van der Waals surface area contributed by atoms with Crippen molar-refractivity contribution < 1.29 is 0 Å². The largest absolute Gasteiger partial charge is 0.400 e. The van der Waals surface area contributed by atoms with Gasteiger partial charge in [-0.05, 0) is 89.0 Å². The zero-order valence-electron chi connectivity index (χ0n) is 22.7. The molecule has 2 heterocycles. The minimum absolute atomic E-state index is 0.409. The number of benzene rings is 1. The van der Waals surface area contributed by atoms with E-state index in [1.165, 1.54) is 37.1 Å². The Labute approximate surface area is 223 Å². The maximum absolute atomic E-state index is 6.35. The lowest BCUT2D eigenvalue weighted by Crippen LogP contribution is -2.36. The van der Waals surface area contributed by atoms with E-state index in [9.17, 15) is 0 Å². The second-order valence-electron chi connectivity index (χ2n) is 10.8. The number of aromatic nitrogens is 1. The number of hydrogen-bond donors (Lipinski definition) is 3. The van der Waals surface area contributed by atoms with Crippen molar-refractivity contribution in [1.82, 2.24) is 20.1 Å². The van der Waals surface area contributed by atoms with Crippen LogP contribution in [0.1, 0.15) is 55.2 Å². The van der Waals surface area contributed by atoms with Gasteiger partial charge in [-0.1, -0.05) is 43.5 Å². The monoisotopic (exact) mass is 500 g/mol. The van der Waals surface area contributed by atoms with E-state index in [0.717, 1.165) is 60.6 Å². The summed E-state index contributed by atoms with van der Waals surface area (Å²) in [7, 11) is 4.03. The molecule has 1 aromatic carbocycles. The van der Waals surface area contributed by atoms with Crippen LogP contribution in [0.4, 0.5) is 5.82 Å². The second kappa shape index (κ2) is 12.9. The van der Waals surface area contributed by atoms with Crippen LogP contribution in [0.3, 0.4) is 0 Å². The van der Waals surface area contributed by atoms with Gasteiger partial charge in [0.05, 0.1) is 0 Å². The van der Waals surface area contributed by atoms with Crippen LogP contribution in [0.25, 0.3) is 11.3 Å². The number of allylic oxidation sites excluding steroid dienone is 2. The molecule has 198 valence electrons. The van der Waals surface area contributed by atoms with Crippen LogP contribution in [-0.4, -0.2) is 60.6 Å². The maximum atomic E-state index is 6.35. The van der Waals surface area contributed by atoms with E-state index >= 15 is 0 Å². The Balaban J connectivity index is 1.31. The van der Waals surface area contributed by atoms with Gasteiger partial charge in [-0.3, -0.25) is 4.90 Å². The third-order valence-corrected chi connectivity index (χ3v) is 7.50. The van der Waals surface area contributed by atoms with E-state index in [-0.39, 0.29) is 0 Å². The first-order valence-electron chi connectivity index (χ1n) is 13.7. The van der Waals surface area contributed by atoms with Gasteiger partial charge < -0.3 is 21.3 Å². The summed E-state index contributed by atoms with van der Waals surface area (Å²) in [4.78, 5) is 9.19. The summed E-state index contributed by atoms with van der Waals surface area (Å²) in [5.41, 5.74) is 12.9. The van der Waals surface area contributed by atoms with Crippen molar-refractivity contribution in [2.75, 3.05) is 39.0 Å². The van der Waals surface area contributed by atoms with Gasteiger partial charge in [-0.15, -0.1) is 0 Å². The Morgan fingerprint density at radius 1 is 1.11 bits per heavy atom. The van der Waals surface area contributed by atoms with Crippen LogP contribution >= 0.6 is 0 Å². The van der Waals surface area contributed by atoms with E-state index in [1.54, 1.807) is 0 Å². The van der Waals surface area contributed by atoms with Crippen molar-refractivity contribution in [1.29, 1.82) is 0 Å². The van der Waals surface area contributed by atoms with Crippen LogP contribution < -0.4 is 16.4 Å². The SMILES string of the molecule is C=C/C(=C(/N)CN(C)C)c1ccnc(NC2CCC(NC(=C)c3ccccc3CN3CCCC3)CC2)c1. The molecule has 2 aliphatic rings. The number of pyridine rings is 1. The highest BCUT2D eigenvalue weighted by molar-refractivity contribution is 5.77. The molecule has 4 rings (SSSR count). The van der Waals surface area contributed by atoms with Gasteiger partial charge in [0.2, 0.25) is 0 Å². The quantitative estimate of drug-likeness (QED) is 0.374. The maximum Gasteiger partial charge on any atom is 0.126 e. The highest BCUT2D eigenvalue weighted by Gasteiger charge is 2.23. The smallest absolute Gasteiger partial charge is 0.126 e. The first kappa shape index (κ1) is 27.0. The van der Waals surface area contributed by atoms with Crippen molar-refractivity contribution >= 4 is 17.1 Å². The van der Waals surface area contributed by atoms with Gasteiger partial charge in [0, 0.05) is 53.9 Å². The zero-order chi connectivity index (χ0) is 26.2. The predicted octanol–water partition coefficient (Wildman–Crippen LogP) is 5.08. The second-order valence-corrected chi connectivity index (χ2v) is 10.8. The zero-order valence-corrected chi connectivity index (χ0v) is 22.7. The number of nitrogens with two attached hydrogens (primary N) is 1. The number of hydrogen-bond acceptors (Lipinski definition) is 6. The van der Waals surface area contributed by atoms with Gasteiger partial charge in [0.1, 0.15) is 5.82 Å². The molecule has 1 aromatic heterocycles. The highest BCUT2D eigenvalue weighted by atomic mass is 15.1. The van der Waals surface area contributed by atoms with Crippen LogP contribution in [0.5, 0.6) is 0 Å². The Morgan fingerprint density at radius 3 is 2.51 bits per heavy atom. The summed E-state index contributed by atoms with van der Waals surface area (Å²) >= 11 is 0. The van der Waals surface area contributed by atoms with E-state index in [4.69, 9.17) is 5.73 Å². The van der Waals surface area contributed by atoms with Gasteiger partial charge in [0.15, 0.2) is 0 Å². The summed E-state index contributed by atoms with van der Waals surface area (Å²) in [6.07, 6.45) is 10.7. The number of anilines is 1. The summed E-state index contributed by atoms with van der Waals surface area (Å²) in [5.74, 6) is 0.895. The van der Waals surface area contributed by atoms with Gasteiger partial charge in [-0.2, -0.15) is 0 Å². The van der Waals surface area contributed by atoms with Gasteiger partial charge in [0.25, 0.3) is 0 Å². The number of nitrogens with one attached hydrogen (secondary N) is 2. The van der Waals surface area contributed by atoms with Crippen molar-refractivity contribution in [3.05, 3.63) is 84.2 Å². The molecule has 2 aromatic rings. The first-order chi connectivity index (χ1) is 17.9. The lowest BCUT2D eigenvalue weighted by atomic mass is 9.90. The van der Waals surface area contributed by atoms with E-state index in [0.29, 0.717) is 18.6 Å². The van der Waals surface area contributed by atoms with Gasteiger partial charge in [-0.25, -0.2) is 4.98 Å². The van der Waals surface area contributed by atoms with Gasteiger partial charge >= 0.3 is 0 Å². The van der Waals surface area contributed by atoms with E-state index in [1.807, 2.05) is 32.4 Å². The molecule has 0 bridgehead atoms. The minimum atomic E-state index is 0.409. The molecule has 2 fully saturated rings. The Bertz CT molecular complexity index is 1090. The molecule has 1 saturated heterocycles. The summed E-state index contributed by atoms with van der Waals surface area (Å²) < 4.78 is 0. The summed E-state index contributed by atoms with van der Waals surface area (Å²) in [5, 5.41) is 7.41. The van der Waals surface area contributed by atoms with E-state index in [2.05, 4.69) is 68.9 Å². The molecule has 1 saturated carbocycles. The lowest BCUT2D eigenvalue weighted by molar-refractivity contribution is 0.331. The average Bonchev–Trinajstić information content (AvgIpc) is 3.39. The third kappa shape index (κ3) is 7.46. The molecule has 4 N–H and O–H groups in total. The topological polar surface area (TPSA) is 69.4 Å². The minimum Gasteiger partial charge on any atom is -0.400 e. The first-order valence-corrected chi connectivity index (χ1v) is 13.7. The van der Waals surface area contributed by atoms with Crippen molar-refractivity contribution in [2.45, 2.75) is 57.2 Å². The molecule has 0 radical (unpaired) electrons. The third-order valence-electron chi connectivity index (χ3n) is 7.50. The fourth-order valence-electron chi connectivity index (χ4n) is 5.59. The lowest BCUT2D eigenvalue weighted by Gasteiger charge is -2.31. The number of rotatable bonds is 11. The molecule has 1 aliphatic carbocycles. The molecular formula is C31H44N6. The number of likely N-dealkylation sites (tertiary alicyclic amines) is 1. The highest BCUT2D eigenvalue weighted by Crippen LogP contribution is 2.27. The summed E-state index contributed by atoms with van der Waals surface area (Å²) in [6.45, 7) is 12.5. The molecule has 0 spiro atoms. The average molecular weight is 501 g/mol. The molecule has 37 heavy (non-hydrogen) atoms. The molecule has 1 aliphatic heterocycles. The molecule has 0 atom stereocenters. The predicted molar refractivity (Wildman–Crippen MR) is 157 cm³/mol. The standard InChI is InChI=1S/C31H44N6/c1-5-28(30(32)22-36(3)4)24-16-17-33-31(20-24)35-27-14-12-26(13-15-27)34-23(2)29-11-7-6-10-25(29)21-37-18-8-9-19-37/h5-7,10-11,16-17,20,26-27,34H,1-2,8-9,12-15,18-19,21-22,32H2,3-4H3,(H,33,35)/b30-28-. The molecule has 6 nitrogen and oxygen atoms in total. The van der Waals surface area contributed by atoms with Crippen LogP contribution in [0.15, 0.2) is 67.5 Å². The fourth-order valence-corrected chi connectivity index (χ4v) is 5.59. The van der Waals surface area contributed by atoms with Crippen LogP contribution in [0, 0.1) is 0 Å². The fraction of sp³-hybridized carbons (Fsp3) is 0.452. The van der Waals surface area contributed by atoms with Crippen molar-refractivity contribution in [3.63, 3.8) is 0 Å². The molecule has 0 unspecified atom stereocenters. The summed E-state index contributed by atoms with van der Waals surface area (Å²) in [6, 6.07) is 13.7. The Hall–Kier alpha value is -3.09. The Kier molecular flexibility index (Phi) is 9.42. The van der Waals surface area contributed by atoms with Crippen LogP contribution in [0.2, 0.25) is 0 Å². The number of likely N-dealkylation sites (N-methyl/N-ethyl adjacent to an activating group) is 1. The van der Waals surface area contributed by atoms with Crippen molar-refractivity contribution in [2.24, 2.45) is 5.73 Å². The molecular weight excluding hydrogens is 456 g/mol. The molecule has 0 amide bonds. The number of nitrogens with zero attached hydrogens (tertiary/aromatic N) is 3.